The van der Waals surface area contributed by atoms with Crippen molar-refractivity contribution in [3.63, 3.8) is 0 Å². The molecule has 0 radical (unpaired) electrons. The van der Waals surface area contributed by atoms with Crippen LogP contribution in [-0.4, -0.2) is 15.7 Å². The Labute approximate surface area is 105 Å². The van der Waals surface area contributed by atoms with Crippen molar-refractivity contribution in [2.75, 3.05) is 5.75 Å². The van der Waals surface area contributed by atoms with E-state index in [1.54, 1.807) is 11.8 Å². The topological polar surface area (TPSA) is 28.7 Å². The van der Waals surface area contributed by atoms with Crippen LogP contribution in [0.1, 0.15) is 13.3 Å². The van der Waals surface area contributed by atoms with Crippen molar-refractivity contribution in [1.29, 1.82) is 0 Å². The zero-order chi connectivity index (χ0) is 9.10. The maximum Gasteiger partial charge on any atom is 0.166 e. The van der Waals surface area contributed by atoms with E-state index >= 15 is 0 Å². The second-order valence-electron chi connectivity index (χ2n) is 2.91. The first-order chi connectivity index (χ1) is 6.40. The lowest BCUT2D eigenvalue weighted by Crippen LogP contribution is -1.76. The van der Waals surface area contributed by atoms with Gasteiger partial charge in [0.2, 0.25) is 0 Å². The second-order valence-corrected chi connectivity index (χ2v) is 3.99. The smallest absolute Gasteiger partial charge is 0.166 e. The highest BCUT2D eigenvalue weighted by atomic mass is 127. The van der Waals surface area contributed by atoms with Gasteiger partial charge in [-0.25, -0.2) is 4.98 Å². The fraction of sp³-hybridized carbons (Fsp3) is 0.300. The number of imidazole rings is 1. The summed E-state index contributed by atoms with van der Waals surface area (Å²) in [6, 6.07) is 8.12. The van der Waals surface area contributed by atoms with E-state index in [-0.39, 0.29) is 24.0 Å². The average Bonchev–Trinajstić information content (AvgIpc) is 2.57. The molecule has 0 unspecified atom stereocenters. The minimum atomic E-state index is 0. The fourth-order valence-corrected chi connectivity index (χ4v) is 1.94. The molecule has 1 aromatic carbocycles. The van der Waals surface area contributed by atoms with Crippen molar-refractivity contribution in [3.8, 4) is 0 Å². The van der Waals surface area contributed by atoms with E-state index in [0.717, 1.165) is 21.9 Å². The maximum atomic E-state index is 4.46. The number of halogens is 1. The van der Waals surface area contributed by atoms with E-state index in [1.807, 2.05) is 18.2 Å². The Morgan fingerprint density at radius 1 is 1.36 bits per heavy atom. The highest BCUT2D eigenvalue weighted by molar-refractivity contribution is 14.0. The molecule has 0 aliphatic rings. The van der Waals surface area contributed by atoms with Crippen molar-refractivity contribution in [2.45, 2.75) is 18.5 Å². The Balaban J connectivity index is 0.000000980. The van der Waals surface area contributed by atoms with Gasteiger partial charge in [-0.2, -0.15) is 0 Å². The van der Waals surface area contributed by atoms with Gasteiger partial charge in [0.25, 0.3) is 0 Å². The number of fused-ring (bicyclic) bond motifs is 1. The second kappa shape index (κ2) is 5.60. The molecule has 0 aliphatic heterocycles. The van der Waals surface area contributed by atoms with E-state index in [9.17, 15) is 0 Å². The quantitative estimate of drug-likeness (QED) is 0.690. The monoisotopic (exact) mass is 320 g/mol. The van der Waals surface area contributed by atoms with Crippen LogP contribution in [0.3, 0.4) is 0 Å². The van der Waals surface area contributed by atoms with Crippen molar-refractivity contribution in [3.05, 3.63) is 24.3 Å². The zero-order valence-electron chi connectivity index (χ0n) is 7.99. The molecule has 0 atom stereocenters. The Bertz CT molecular complexity index is 367. The van der Waals surface area contributed by atoms with Crippen molar-refractivity contribution in [1.82, 2.24) is 9.97 Å². The first kappa shape index (κ1) is 11.8. The molecule has 0 saturated heterocycles. The first-order valence-corrected chi connectivity index (χ1v) is 5.46. The minimum Gasteiger partial charge on any atom is -0.333 e. The van der Waals surface area contributed by atoms with Crippen LogP contribution >= 0.6 is 35.7 Å². The lowest BCUT2D eigenvalue weighted by Gasteiger charge is -1.90. The highest BCUT2D eigenvalue weighted by Crippen LogP contribution is 2.19. The average molecular weight is 320 g/mol. The molecule has 1 N–H and O–H groups in total. The van der Waals surface area contributed by atoms with Crippen molar-refractivity contribution < 1.29 is 0 Å². The lowest BCUT2D eigenvalue weighted by atomic mass is 10.3. The van der Waals surface area contributed by atoms with Gasteiger partial charge in [0.1, 0.15) is 0 Å². The van der Waals surface area contributed by atoms with Crippen LogP contribution in [0.2, 0.25) is 0 Å². The van der Waals surface area contributed by atoms with E-state index < -0.39 is 0 Å². The molecule has 1 aromatic heterocycles. The summed E-state index contributed by atoms with van der Waals surface area (Å²) in [7, 11) is 0. The van der Waals surface area contributed by atoms with Gasteiger partial charge >= 0.3 is 0 Å². The molecule has 0 aliphatic carbocycles. The van der Waals surface area contributed by atoms with Crippen LogP contribution in [0.4, 0.5) is 0 Å². The van der Waals surface area contributed by atoms with E-state index in [1.165, 1.54) is 6.42 Å². The van der Waals surface area contributed by atoms with Gasteiger partial charge in [0.15, 0.2) is 5.16 Å². The standard InChI is InChI=1S/C10H12N2S.HI/c1-2-7-13-10-11-8-5-3-4-6-9(8)12-10;/h3-6H,2,7H2,1H3,(H,11,12);1H. The maximum absolute atomic E-state index is 4.46. The molecule has 2 rings (SSSR count). The SMILES string of the molecule is CCCSc1nc2ccccc2[nH]1.I. The number of para-hydroxylation sites is 2. The number of nitrogens with zero attached hydrogens (tertiary/aromatic N) is 1. The molecule has 14 heavy (non-hydrogen) atoms. The van der Waals surface area contributed by atoms with Gasteiger partial charge in [-0.1, -0.05) is 30.8 Å². The molecular weight excluding hydrogens is 307 g/mol. The summed E-state index contributed by atoms with van der Waals surface area (Å²) >= 11 is 1.78. The molecule has 1 heterocycles. The van der Waals surface area contributed by atoms with E-state index in [2.05, 4.69) is 23.0 Å². The van der Waals surface area contributed by atoms with Gasteiger partial charge < -0.3 is 4.98 Å². The third kappa shape index (κ3) is 2.63. The summed E-state index contributed by atoms with van der Waals surface area (Å²) in [5, 5.41) is 1.03. The van der Waals surface area contributed by atoms with Crippen LogP contribution in [-0.2, 0) is 0 Å². The largest absolute Gasteiger partial charge is 0.333 e. The molecule has 0 fully saturated rings. The van der Waals surface area contributed by atoms with E-state index in [0.29, 0.717) is 0 Å². The van der Waals surface area contributed by atoms with Crippen LogP contribution in [0.25, 0.3) is 11.0 Å². The van der Waals surface area contributed by atoms with Crippen molar-refractivity contribution in [2.24, 2.45) is 0 Å². The summed E-state index contributed by atoms with van der Waals surface area (Å²) in [6.45, 7) is 2.18. The third-order valence-corrected chi connectivity index (χ3v) is 2.89. The van der Waals surface area contributed by atoms with Crippen LogP contribution in [0.5, 0.6) is 0 Å². The number of thioether (sulfide) groups is 1. The van der Waals surface area contributed by atoms with Crippen molar-refractivity contribution >= 4 is 46.8 Å². The summed E-state index contributed by atoms with van der Waals surface area (Å²) in [5.74, 6) is 1.12. The molecule has 4 heteroatoms. The lowest BCUT2D eigenvalue weighted by molar-refractivity contribution is 1.05. The molecule has 2 aromatic rings. The predicted octanol–water partition coefficient (Wildman–Crippen LogP) is 3.68. The summed E-state index contributed by atoms with van der Waals surface area (Å²) in [6.07, 6.45) is 1.18. The van der Waals surface area contributed by atoms with Gasteiger partial charge in [0, 0.05) is 5.75 Å². The Morgan fingerprint density at radius 2 is 2.14 bits per heavy atom. The summed E-state index contributed by atoms with van der Waals surface area (Å²) in [5.41, 5.74) is 2.18. The summed E-state index contributed by atoms with van der Waals surface area (Å²) < 4.78 is 0. The fourth-order valence-electron chi connectivity index (χ4n) is 1.20. The number of hydrogen-bond donors (Lipinski definition) is 1. The molecular formula is C10H13IN2S. The first-order valence-electron chi connectivity index (χ1n) is 4.47. The third-order valence-electron chi connectivity index (χ3n) is 1.81. The number of aromatic amines is 1. The van der Waals surface area contributed by atoms with E-state index in [4.69, 9.17) is 0 Å². The van der Waals surface area contributed by atoms with Gasteiger partial charge in [-0.3, -0.25) is 0 Å². The molecule has 76 valence electrons. The van der Waals surface area contributed by atoms with Gasteiger partial charge in [-0.05, 0) is 18.6 Å². The number of hydrogen-bond acceptors (Lipinski definition) is 2. The molecule has 0 amide bonds. The van der Waals surface area contributed by atoms with Crippen LogP contribution in [0, 0.1) is 0 Å². The van der Waals surface area contributed by atoms with Crippen LogP contribution < -0.4 is 0 Å². The Hall–Kier alpha value is -0.230. The number of nitrogens with one attached hydrogen (secondary N) is 1. The Kier molecular flexibility index (Phi) is 4.74. The van der Waals surface area contributed by atoms with Crippen LogP contribution in [0.15, 0.2) is 29.4 Å². The normalized spacial score (nSPS) is 10.1. The zero-order valence-corrected chi connectivity index (χ0v) is 11.1. The predicted molar refractivity (Wildman–Crippen MR) is 72.5 cm³/mol. The molecule has 2 nitrogen and oxygen atoms in total. The summed E-state index contributed by atoms with van der Waals surface area (Å²) in [4.78, 5) is 7.74. The minimum absolute atomic E-state index is 0. The van der Waals surface area contributed by atoms with Gasteiger partial charge in [0.05, 0.1) is 11.0 Å². The molecule has 0 saturated carbocycles. The highest BCUT2D eigenvalue weighted by Gasteiger charge is 2.00. The Morgan fingerprint density at radius 3 is 2.86 bits per heavy atom. The number of rotatable bonds is 3. The number of H-pyrrole nitrogens is 1. The number of benzene rings is 1. The molecule has 0 spiro atoms. The molecule has 0 bridgehead atoms. The number of aromatic nitrogens is 2. The van der Waals surface area contributed by atoms with Gasteiger partial charge in [-0.15, -0.1) is 24.0 Å².